The van der Waals surface area contributed by atoms with Crippen LogP contribution < -0.4 is 5.32 Å². The van der Waals surface area contributed by atoms with Gasteiger partial charge in [-0.15, -0.1) is 0 Å². The van der Waals surface area contributed by atoms with Gasteiger partial charge in [-0.25, -0.2) is 0 Å². The van der Waals surface area contributed by atoms with Crippen molar-refractivity contribution in [3.05, 3.63) is 36.0 Å². The van der Waals surface area contributed by atoms with Crippen LogP contribution in [0.4, 0.5) is 5.82 Å². The number of carbonyl (C=O) groups excluding carboxylic acids is 1. The summed E-state index contributed by atoms with van der Waals surface area (Å²) in [6.07, 6.45) is 5.75. The third-order valence-electron chi connectivity index (χ3n) is 4.61. The third-order valence-corrected chi connectivity index (χ3v) is 4.61. The first-order chi connectivity index (χ1) is 12.1. The number of likely N-dealkylation sites (tertiary alicyclic amines) is 1. The molecular weight excluding hydrogens is 322 g/mol. The zero-order chi connectivity index (χ0) is 17.6. The van der Waals surface area contributed by atoms with Crippen molar-refractivity contribution in [3.8, 4) is 0 Å². The molecule has 0 saturated carbocycles. The number of anilines is 1. The Bertz CT molecular complexity index is 668. The number of aliphatic hydroxyl groups excluding tert-OH is 1. The van der Waals surface area contributed by atoms with Crippen LogP contribution in [0.3, 0.4) is 0 Å². The smallest absolute Gasteiger partial charge is 0.239 e. The maximum Gasteiger partial charge on any atom is 0.239 e. The van der Waals surface area contributed by atoms with Crippen LogP contribution in [-0.4, -0.2) is 40.2 Å². The van der Waals surface area contributed by atoms with Gasteiger partial charge < -0.3 is 19.4 Å². The number of nitrogens with zero attached hydrogens (tertiary/aromatic N) is 2. The number of aliphatic hydroxyl groups is 1. The van der Waals surface area contributed by atoms with Crippen LogP contribution in [0, 0.1) is 6.92 Å². The zero-order valence-corrected chi connectivity index (χ0v) is 14.5. The van der Waals surface area contributed by atoms with Crippen molar-refractivity contribution >= 4 is 11.7 Å². The molecule has 7 heteroatoms. The van der Waals surface area contributed by atoms with Crippen molar-refractivity contribution in [1.82, 2.24) is 10.1 Å². The molecule has 3 rings (SSSR count). The highest BCUT2D eigenvalue weighted by Crippen LogP contribution is 2.26. The predicted molar refractivity (Wildman–Crippen MR) is 92.0 cm³/mol. The highest BCUT2D eigenvalue weighted by atomic mass is 16.5. The Morgan fingerprint density at radius 1 is 1.48 bits per heavy atom. The topological polar surface area (TPSA) is 91.7 Å². The molecule has 0 aromatic carbocycles. The van der Waals surface area contributed by atoms with Crippen LogP contribution in [0.2, 0.25) is 0 Å². The lowest BCUT2D eigenvalue weighted by Crippen LogP contribution is -2.41. The van der Waals surface area contributed by atoms with Crippen LogP contribution in [0.15, 0.2) is 33.4 Å². The van der Waals surface area contributed by atoms with Gasteiger partial charge in [0.15, 0.2) is 5.82 Å². The van der Waals surface area contributed by atoms with Crippen molar-refractivity contribution in [2.45, 2.75) is 51.2 Å². The molecular formula is C18H25N3O4. The molecule has 0 unspecified atom stereocenters. The molecule has 7 nitrogen and oxygen atoms in total. The van der Waals surface area contributed by atoms with E-state index in [-0.39, 0.29) is 18.5 Å². The van der Waals surface area contributed by atoms with E-state index in [0.717, 1.165) is 32.2 Å². The molecule has 0 aliphatic carbocycles. The van der Waals surface area contributed by atoms with Crippen molar-refractivity contribution < 1.29 is 18.8 Å². The Labute approximate surface area is 147 Å². The minimum absolute atomic E-state index is 0.118. The quantitative estimate of drug-likeness (QED) is 0.835. The molecule has 0 radical (unpaired) electrons. The Morgan fingerprint density at radius 2 is 2.36 bits per heavy atom. The van der Waals surface area contributed by atoms with Crippen LogP contribution >= 0.6 is 0 Å². The van der Waals surface area contributed by atoms with Crippen LogP contribution in [0.25, 0.3) is 0 Å². The van der Waals surface area contributed by atoms with Crippen LogP contribution in [-0.2, 0) is 4.79 Å². The summed E-state index contributed by atoms with van der Waals surface area (Å²) < 4.78 is 10.3. The zero-order valence-electron chi connectivity index (χ0n) is 14.5. The molecule has 1 aliphatic heterocycles. The SMILES string of the molecule is Cc1cc(NC(=O)CN2CCCCC[C@H]2C[C@H](O)c2ccco2)no1. The van der Waals surface area contributed by atoms with Crippen LogP contribution in [0.5, 0.6) is 0 Å². The van der Waals surface area contributed by atoms with Gasteiger partial charge >= 0.3 is 0 Å². The van der Waals surface area contributed by atoms with Gasteiger partial charge in [-0.2, -0.15) is 0 Å². The van der Waals surface area contributed by atoms with E-state index >= 15 is 0 Å². The first-order valence-electron chi connectivity index (χ1n) is 8.80. The van der Waals surface area contributed by atoms with Crippen molar-refractivity contribution in [2.24, 2.45) is 0 Å². The van der Waals surface area contributed by atoms with Gasteiger partial charge in [0, 0.05) is 12.1 Å². The first kappa shape index (κ1) is 17.7. The number of rotatable bonds is 6. The van der Waals surface area contributed by atoms with Gasteiger partial charge in [-0.05, 0) is 44.9 Å². The number of aryl methyl sites for hydroxylation is 1. The van der Waals surface area contributed by atoms with Gasteiger partial charge in [0.25, 0.3) is 0 Å². The molecule has 1 fully saturated rings. The summed E-state index contributed by atoms with van der Waals surface area (Å²) in [5, 5.41) is 17.0. The maximum absolute atomic E-state index is 12.3. The largest absolute Gasteiger partial charge is 0.467 e. The summed E-state index contributed by atoms with van der Waals surface area (Å²) in [4.78, 5) is 14.5. The Morgan fingerprint density at radius 3 is 3.08 bits per heavy atom. The fraction of sp³-hybridized carbons (Fsp3) is 0.556. The van der Waals surface area contributed by atoms with E-state index in [4.69, 9.17) is 8.94 Å². The van der Waals surface area contributed by atoms with E-state index in [9.17, 15) is 9.90 Å². The molecule has 2 aromatic rings. The minimum Gasteiger partial charge on any atom is -0.467 e. The second kappa shape index (κ2) is 8.31. The van der Waals surface area contributed by atoms with Gasteiger partial charge in [-0.1, -0.05) is 18.0 Å². The van der Waals surface area contributed by atoms with Crippen molar-refractivity contribution in [2.75, 3.05) is 18.4 Å². The summed E-state index contributed by atoms with van der Waals surface area (Å²) in [6, 6.07) is 5.40. The second-order valence-electron chi connectivity index (χ2n) is 6.61. The van der Waals surface area contributed by atoms with E-state index in [2.05, 4.69) is 15.4 Å². The summed E-state index contributed by atoms with van der Waals surface area (Å²) >= 11 is 0. The first-order valence-corrected chi connectivity index (χ1v) is 8.80. The minimum atomic E-state index is -0.651. The van der Waals surface area contributed by atoms with Crippen molar-refractivity contribution in [3.63, 3.8) is 0 Å². The monoisotopic (exact) mass is 347 g/mol. The molecule has 136 valence electrons. The molecule has 25 heavy (non-hydrogen) atoms. The average molecular weight is 347 g/mol. The van der Waals surface area contributed by atoms with Gasteiger partial charge in [0.05, 0.1) is 12.8 Å². The molecule has 2 atom stereocenters. The summed E-state index contributed by atoms with van der Waals surface area (Å²) in [7, 11) is 0. The molecule has 3 heterocycles. The van der Waals surface area contributed by atoms with E-state index in [1.807, 2.05) is 0 Å². The lowest BCUT2D eigenvalue weighted by Gasteiger charge is -2.30. The average Bonchev–Trinajstić information content (AvgIpc) is 3.19. The maximum atomic E-state index is 12.3. The van der Waals surface area contributed by atoms with E-state index in [1.54, 1.807) is 31.4 Å². The third kappa shape index (κ3) is 4.93. The Kier molecular flexibility index (Phi) is 5.88. The number of amides is 1. The Balaban J connectivity index is 1.60. The predicted octanol–water partition coefficient (Wildman–Crippen LogP) is 2.88. The molecule has 0 spiro atoms. The van der Waals surface area contributed by atoms with E-state index < -0.39 is 6.10 Å². The number of carbonyl (C=O) groups is 1. The molecule has 1 aliphatic rings. The lowest BCUT2D eigenvalue weighted by molar-refractivity contribution is -0.118. The second-order valence-corrected chi connectivity index (χ2v) is 6.61. The normalized spacial score (nSPS) is 20.2. The van der Waals surface area contributed by atoms with Crippen molar-refractivity contribution in [1.29, 1.82) is 0 Å². The number of hydrogen-bond acceptors (Lipinski definition) is 6. The summed E-state index contributed by atoms with van der Waals surface area (Å²) in [6.45, 7) is 2.91. The van der Waals surface area contributed by atoms with E-state index in [0.29, 0.717) is 23.8 Å². The molecule has 0 bridgehead atoms. The van der Waals surface area contributed by atoms with Gasteiger partial charge in [0.1, 0.15) is 17.6 Å². The fourth-order valence-electron chi connectivity index (χ4n) is 3.36. The highest BCUT2D eigenvalue weighted by Gasteiger charge is 2.26. The fourth-order valence-corrected chi connectivity index (χ4v) is 3.36. The van der Waals surface area contributed by atoms with Gasteiger partial charge in [-0.3, -0.25) is 9.69 Å². The molecule has 1 amide bonds. The number of hydrogen-bond donors (Lipinski definition) is 2. The molecule has 2 N–H and O–H groups in total. The number of aromatic nitrogens is 1. The summed E-state index contributed by atoms with van der Waals surface area (Å²) in [5.41, 5.74) is 0. The van der Waals surface area contributed by atoms with Gasteiger partial charge in [0.2, 0.25) is 5.91 Å². The standard InChI is InChI=1S/C18H25N3O4/c1-13-10-17(20-25-13)19-18(23)12-21-8-4-2-3-6-14(21)11-15(22)16-7-5-9-24-16/h5,7,9-10,14-15,22H,2-4,6,8,11-12H2,1H3,(H,19,20,23)/t14-,15-/m0/s1. The molecule has 2 aromatic heterocycles. The lowest BCUT2D eigenvalue weighted by atomic mass is 10.0. The number of furan rings is 1. The van der Waals surface area contributed by atoms with E-state index in [1.165, 1.54) is 0 Å². The summed E-state index contributed by atoms with van der Waals surface area (Å²) in [5.74, 6) is 1.55. The Hall–Kier alpha value is -2.12. The highest BCUT2D eigenvalue weighted by molar-refractivity contribution is 5.91. The van der Waals surface area contributed by atoms with Crippen LogP contribution in [0.1, 0.15) is 49.7 Å². The molecule has 1 saturated heterocycles. The number of nitrogens with one attached hydrogen (secondary N) is 1.